The molecule has 3 nitrogen and oxygen atoms in total. The molecular formula is C41H36O3P2. The highest BCUT2D eigenvalue weighted by Gasteiger charge is 2.39. The van der Waals surface area contributed by atoms with E-state index in [1.807, 2.05) is 0 Å². The first-order valence-electron chi connectivity index (χ1n) is 15.4. The Kier molecular flexibility index (Phi) is 8.39. The Morgan fingerprint density at radius 3 is 1.17 bits per heavy atom. The number of methoxy groups -OCH3 is 2. The van der Waals surface area contributed by atoms with Gasteiger partial charge >= 0.3 is 0 Å². The Bertz CT molecular complexity index is 1810. The van der Waals surface area contributed by atoms with Crippen molar-refractivity contribution >= 4 is 47.7 Å². The van der Waals surface area contributed by atoms with Crippen LogP contribution in [-0.2, 0) is 5.41 Å². The van der Waals surface area contributed by atoms with Crippen molar-refractivity contribution in [2.24, 2.45) is 0 Å². The zero-order valence-electron chi connectivity index (χ0n) is 26.5. The fourth-order valence-corrected chi connectivity index (χ4v) is 11.1. The van der Waals surface area contributed by atoms with Crippen molar-refractivity contribution in [3.63, 3.8) is 0 Å². The Morgan fingerprint density at radius 2 is 0.804 bits per heavy atom. The molecule has 228 valence electrons. The van der Waals surface area contributed by atoms with E-state index < -0.39 is 15.8 Å². The Morgan fingerprint density at radius 1 is 0.435 bits per heavy atom. The molecule has 1 heterocycles. The van der Waals surface area contributed by atoms with Crippen molar-refractivity contribution in [1.29, 1.82) is 0 Å². The predicted molar refractivity (Wildman–Crippen MR) is 196 cm³/mol. The highest BCUT2D eigenvalue weighted by Crippen LogP contribution is 2.52. The number of para-hydroxylation sites is 2. The lowest BCUT2D eigenvalue weighted by molar-refractivity contribution is 0.415. The Labute approximate surface area is 274 Å². The van der Waals surface area contributed by atoms with E-state index in [0.29, 0.717) is 0 Å². The molecule has 0 radical (unpaired) electrons. The lowest BCUT2D eigenvalue weighted by Crippen LogP contribution is -2.32. The molecular weight excluding hydrogens is 602 g/mol. The van der Waals surface area contributed by atoms with Gasteiger partial charge in [0.05, 0.1) is 14.2 Å². The van der Waals surface area contributed by atoms with E-state index >= 15 is 0 Å². The molecule has 7 rings (SSSR count). The molecule has 0 saturated carbocycles. The number of hydrogen-bond donors (Lipinski definition) is 0. The van der Waals surface area contributed by atoms with Crippen molar-refractivity contribution in [1.82, 2.24) is 0 Å². The Hall–Kier alpha value is -4.42. The van der Waals surface area contributed by atoms with Gasteiger partial charge in [0.15, 0.2) is 0 Å². The molecule has 1 aliphatic rings. The van der Waals surface area contributed by atoms with E-state index in [0.717, 1.165) is 23.0 Å². The number of benzene rings is 6. The summed E-state index contributed by atoms with van der Waals surface area (Å²) < 4.78 is 18.3. The van der Waals surface area contributed by atoms with E-state index in [1.54, 1.807) is 14.2 Å². The SMILES string of the molecule is COc1ccc(P(c2ccccc2)c2cccc3c2Oc2c(P(c4ccccc4)c4ccc(OC)cc4)cccc2C3(C)C)cc1. The fourth-order valence-electron chi connectivity index (χ4n) is 6.32. The summed E-state index contributed by atoms with van der Waals surface area (Å²) in [4.78, 5) is 0. The maximum absolute atomic E-state index is 7.30. The van der Waals surface area contributed by atoms with Crippen LogP contribution in [0.3, 0.4) is 0 Å². The average Bonchev–Trinajstić information content (AvgIpc) is 3.11. The van der Waals surface area contributed by atoms with Crippen molar-refractivity contribution in [3.05, 3.63) is 157 Å². The van der Waals surface area contributed by atoms with Crippen LogP contribution in [0.2, 0.25) is 0 Å². The molecule has 46 heavy (non-hydrogen) atoms. The maximum Gasteiger partial charge on any atom is 0.139 e. The quantitative estimate of drug-likeness (QED) is 0.160. The van der Waals surface area contributed by atoms with Gasteiger partial charge in [-0.1, -0.05) is 135 Å². The summed E-state index contributed by atoms with van der Waals surface area (Å²) >= 11 is 0. The van der Waals surface area contributed by atoms with Crippen molar-refractivity contribution in [3.8, 4) is 23.0 Å². The standard InChI is InChI=1S/C41H36O3P2/c1-41(2)35-17-11-19-37(45(31-13-7-5-8-14-31)33-25-21-29(42-3)22-26-33)39(35)44-40-36(41)18-12-20-38(40)46(32-15-9-6-10-16-32)34-27-23-30(43-4)24-28-34/h5-28H,1-4H3. The van der Waals surface area contributed by atoms with Crippen LogP contribution in [0.25, 0.3) is 0 Å². The molecule has 5 heteroatoms. The van der Waals surface area contributed by atoms with Gasteiger partial charge in [-0.2, -0.15) is 0 Å². The smallest absolute Gasteiger partial charge is 0.139 e. The molecule has 0 aromatic heterocycles. The van der Waals surface area contributed by atoms with Crippen LogP contribution >= 0.6 is 15.8 Å². The minimum atomic E-state index is -0.916. The molecule has 0 saturated heterocycles. The van der Waals surface area contributed by atoms with Gasteiger partial charge in [-0.15, -0.1) is 0 Å². The van der Waals surface area contributed by atoms with Gasteiger partial charge in [-0.25, -0.2) is 0 Å². The third-order valence-corrected chi connectivity index (χ3v) is 13.6. The van der Waals surface area contributed by atoms with Crippen LogP contribution in [0, 0.1) is 0 Å². The number of rotatable bonds is 8. The Balaban J connectivity index is 1.43. The second kappa shape index (κ2) is 12.8. The maximum atomic E-state index is 7.30. The second-order valence-corrected chi connectivity index (χ2v) is 16.1. The van der Waals surface area contributed by atoms with Crippen LogP contribution in [-0.4, -0.2) is 14.2 Å². The van der Waals surface area contributed by atoms with Crippen LogP contribution in [0.4, 0.5) is 0 Å². The number of ether oxygens (including phenoxy) is 3. The summed E-state index contributed by atoms with van der Waals surface area (Å²) in [6.45, 7) is 4.66. The molecule has 0 spiro atoms. The topological polar surface area (TPSA) is 27.7 Å². The van der Waals surface area contributed by atoms with Gasteiger partial charge in [0.25, 0.3) is 0 Å². The van der Waals surface area contributed by atoms with Crippen LogP contribution in [0.5, 0.6) is 23.0 Å². The molecule has 6 aromatic rings. The van der Waals surface area contributed by atoms with Gasteiger partial charge in [0.2, 0.25) is 0 Å². The summed E-state index contributed by atoms with van der Waals surface area (Å²) in [5.74, 6) is 3.64. The summed E-state index contributed by atoms with van der Waals surface area (Å²) in [5.41, 5.74) is 2.14. The average molecular weight is 639 g/mol. The minimum Gasteiger partial charge on any atom is -0.497 e. The van der Waals surface area contributed by atoms with Gasteiger partial charge < -0.3 is 14.2 Å². The lowest BCUT2D eigenvalue weighted by Gasteiger charge is -2.38. The van der Waals surface area contributed by atoms with Gasteiger partial charge in [0.1, 0.15) is 23.0 Å². The fraction of sp³-hybridized carbons (Fsp3) is 0.122. The van der Waals surface area contributed by atoms with E-state index in [-0.39, 0.29) is 5.41 Å². The first kappa shape index (κ1) is 30.2. The third-order valence-electron chi connectivity index (χ3n) is 8.71. The van der Waals surface area contributed by atoms with Crippen molar-refractivity contribution in [2.75, 3.05) is 14.2 Å². The summed E-state index contributed by atoms with van der Waals surface area (Å²) in [6.07, 6.45) is 0. The molecule has 0 aliphatic carbocycles. The first-order valence-corrected chi connectivity index (χ1v) is 18.1. The zero-order chi connectivity index (χ0) is 31.7. The molecule has 2 atom stereocenters. The van der Waals surface area contributed by atoms with Gasteiger partial charge in [0, 0.05) is 27.2 Å². The van der Waals surface area contributed by atoms with Crippen LogP contribution in [0.15, 0.2) is 146 Å². The van der Waals surface area contributed by atoms with Crippen LogP contribution in [0.1, 0.15) is 25.0 Å². The van der Waals surface area contributed by atoms with Crippen LogP contribution < -0.4 is 46.0 Å². The lowest BCUT2D eigenvalue weighted by atomic mass is 9.76. The van der Waals surface area contributed by atoms with E-state index in [2.05, 4.69) is 159 Å². The third kappa shape index (κ3) is 5.49. The van der Waals surface area contributed by atoms with E-state index in [4.69, 9.17) is 14.2 Å². The predicted octanol–water partition coefficient (Wildman–Crippen LogP) is 7.65. The highest BCUT2D eigenvalue weighted by atomic mass is 31.1. The monoisotopic (exact) mass is 638 g/mol. The molecule has 6 aromatic carbocycles. The molecule has 1 aliphatic heterocycles. The van der Waals surface area contributed by atoms with E-state index in [1.165, 1.54) is 43.0 Å². The minimum absolute atomic E-state index is 0.274. The highest BCUT2D eigenvalue weighted by molar-refractivity contribution is 7.80. The zero-order valence-corrected chi connectivity index (χ0v) is 28.3. The van der Waals surface area contributed by atoms with Gasteiger partial charge in [-0.3, -0.25) is 0 Å². The normalized spacial score (nSPS) is 14.3. The molecule has 0 fully saturated rings. The molecule has 0 bridgehead atoms. The summed E-state index contributed by atoms with van der Waals surface area (Å²) in [6, 6.07) is 52.0. The summed E-state index contributed by atoms with van der Waals surface area (Å²) in [7, 11) is 1.59. The van der Waals surface area contributed by atoms with Gasteiger partial charge in [-0.05, 0) is 61.3 Å². The largest absolute Gasteiger partial charge is 0.497 e. The molecule has 2 unspecified atom stereocenters. The number of fused-ring (bicyclic) bond motifs is 2. The second-order valence-electron chi connectivity index (χ2n) is 11.8. The van der Waals surface area contributed by atoms with E-state index in [9.17, 15) is 0 Å². The summed E-state index contributed by atoms with van der Waals surface area (Å²) in [5, 5.41) is 7.49. The molecule has 0 N–H and O–H groups in total. The van der Waals surface area contributed by atoms with Crippen molar-refractivity contribution < 1.29 is 14.2 Å². The number of hydrogen-bond acceptors (Lipinski definition) is 3. The van der Waals surface area contributed by atoms with Crippen molar-refractivity contribution in [2.45, 2.75) is 19.3 Å². The molecule has 0 amide bonds. The first-order chi connectivity index (χ1) is 22.5.